The Bertz CT molecular complexity index is 326. The van der Waals surface area contributed by atoms with Gasteiger partial charge in [-0.25, -0.2) is 0 Å². The zero-order valence-electron chi connectivity index (χ0n) is 11.6. The fraction of sp³-hybridized carbons (Fsp3) is 0.929. The molecule has 2 aliphatic rings. The summed E-state index contributed by atoms with van der Waals surface area (Å²) >= 11 is 0. The first-order chi connectivity index (χ1) is 8.38. The fourth-order valence-electron chi connectivity index (χ4n) is 3.53. The molecule has 1 aliphatic heterocycles. The van der Waals surface area contributed by atoms with E-state index in [-0.39, 0.29) is 5.91 Å². The normalized spacial score (nSPS) is 35.1. The highest BCUT2D eigenvalue weighted by Crippen LogP contribution is 2.35. The summed E-state index contributed by atoms with van der Waals surface area (Å²) < 4.78 is 0. The van der Waals surface area contributed by atoms with Crippen molar-refractivity contribution in [3.05, 3.63) is 0 Å². The Morgan fingerprint density at radius 1 is 1.50 bits per heavy atom. The maximum atomic E-state index is 12.4. The second-order valence-corrected chi connectivity index (χ2v) is 6.49. The van der Waals surface area contributed by atoms with Gasteiger partial charge in [0.1, 0.15) is 0 Å². The number of hydrogen-bond donors (Lipinski definition) is 2. The molecule has 18 heavy (non-hydrogen) atoms. The third kappa shape index (κ3) is 2.54. The molecule has 1 amide bonds. The molecule has 1 saturated heterocycles. The van der Waals surface area contributed by atoms with E-state index in [4.69, 9.17) is 5.73 Å². The molecule has 104 valence electrons. The average molecular weight is 254 g/mol. The predicted octanol–water partition coefficient (Wildman–Crippen LogP) is 1.27. The minimum absolute atomic E-state index is 0.0508. The van der Waals surface area contributed by atoms with E-state index in [2.05, 4.69) is 13.8 Å². The molecule has 3 N–H and O–H groups in total. The van der Waals surface area contributed by atoms with Crippen LogP contribution < -0.4 is 5.73 Å². The van der Waals surface area contributed by atoms with Gasteiger partial charge in [0.25, 0.3) is 0 Å². The molecule has 0 bridgehead atoms. The van der Waals surface area contributed by atoms with Gasteiger partial charge in [0.05, 0.1) is 24.2 Å². The Labute approximate surface area is 110 Å². The van der Waals surface area contributed by atoms with Crippen LogP contribution in [-0.4, -0.2) is 40.1 Å². The molecule has 4 heteroatoms. The Hall–Kier alpha value is -0.610. The number of nitrogens with zero attached hydrogens (tertiary/aromatic N) is 1. The van der Waals surface area contributed by atoms with E-state index < -0.39 is 11.1 Å². The molecule has 2 unspecified atom stereocenters. The van der Waals surface area contributed by atoms with Gasteiger partial charge in [0.2, 0.25) is 5.91 Å². The first-order valence-electron chi connectivity index (χ1n) is 7.19. The maximum absolute atomic E-state index is 12.4. The van der Waals surface area contributed by atoms with Crippen LogP contribution in [0.2, 0.25) is 0 Å². The molecular formula is C14H26N2O2. The molecule has 2 rings (SSSR count). The molecule has 0 radical (unpaired) electrons. The molecule has 1 heterocycles. The van der Waals surface area contributed by atoms with E-state index in [1.54, 1.807) is 4.90 Å². The van der Waals surface area contributed by atoms with Crippen LogP contribution in [0.1, 0.15) is 52.4 Å². The topological polar surface area (TPSA) is 66.6 Å². The number of amides is 1. The summed E-state index contributed by atoms with van der Waals surface area (Å²) in [6.07, 6.45) is 5.50. The van der Waals surface area contributed by atoms with Crippen LogP contribution in [0.4, 0.5) is 0 Å². The van der Waals surface area contributed by atoms with Crippen molar-refractivity contribution in [1.29, 1.82) is 0 Å². The van der Waals surface area contributed by atoms with Gasteiger partial charge in [-0.15, -0.1) is 0 Å². The summed E-state index contributed by atoms with van der Waals surface area (Å²) in [5, 5.41) is 10.1. The molecule has 4 nitrogen and oxygen atoms in total. The lowest BCUT2D eigenvalue weighted by Gasteiger charge is -2.50. The largest absolute Gasteiger partial charge is 0.386 e. The Kier molecular flexibility index (Phi) is 3.70. The summed E-state index contributed by atoms with van der Waals surface area (Å²) in [6, 6.07) is 0. The van der Waals surface area contributed by atoms with Gasteiger partial charge in [-0.2, -0.15) is 0 Å². The second kappa shape index (κ2) is 4.82. The van der Waals surface area contributed by atoms with Gasteiger partial charge < -0.3 is 15.7 Å². The summed E-state index contributed by atoms with van der Waals surface area (Å²) in [4.78, 5) is 14.2. The van der Waals surface area contributed by atoms with Gasteiger partial charge in [0.15, 0.2) is 0 Å². The van der Waals surface area contributed by atoms with Crippen LogP contribution in [0.3, 0.4) is 0 Å². The summed E-state index contributed by atoms with van der Waals surface area (Å²) in [5.74, 6) is 0.582. The maximum Gasteiger partial charge on any atom is 0.242 e. The van der Waals surface area contributed by atoms with Crippen LogP contribution in [-0.2, 0) is 4.79 Å². The van der Waals surface area contributed by atoms with Crippen molar-refractivity contribution in [3.63, 3.8) is 0 Å². The fourth-order valence-corrected chi connectivity index (χ4v) is 3.53. The van der Waals surface area contributed by atoms with E-state index >= 15 is 0 Å². The molecule has 1 saturated carbocycles. The highest BCUT2D eigenvalue weighted by molar-refractivity contribution is 5.87. The van der Waals surface area contributed by atoms with Crippen molar-refractivity contribution in [1.82, 2.24) is 4.90 Å². The van der Waals surface area contributed by atoms with Gasteiger partial charge in [-0.1, -0.05) is 33.1 Å². The SMILES string of the molecule is CCCC1(O)CN(C(=O)C2(N)CCCC(C)C2)C1. The molecule has 0 aromatic rings. The summed E-state index contributed by atoms with van der Waals surface area (Å²) in [7, 11) is 0. The van der Waals surface area contributed by atoms with Gasteiger partial charge >= 0.3 is 0 Å². The number of hydrogen-bond acceptors (Lipinski definition) is 3. The molecule has 0 spiro atoms. The highest BCUT2D eigenvalue weighted by atomic mass is 16.3. The minimum atomic E-state index is -0.675. The molecule has 2 atom stereocenters. The lowest BCUT2D eigenvalue weighted by Crippen LogP contribution is -2.69. The highest BCUT2D eigenvalue weighted by Gasteiger charge is 2.49. The van der Waals surface area contributed by atoms with Crippen LogP contribution in [0.25, 0.3) is 0 Å². The Morgan fingerprint density at radius 2 is 2.17 bits per heavy atom. The van der Waals surface area contributed by atoms with Crippen LogP contribution in [0, 0.1) is 5.92 Å². The molecule has 0 aromatic carbocycles. The number of likely N-dealkylation sites (tertiary alicyclic amines) is 1. The number of nitrogens with two attached hydrogens (primary N) is 1. The molecular weight excluding hydrogens is 228 g/mol. The minimum Gasteiger partial charge on any atom is -0.386 e. The van der Waals surface area contributed by atoms with Gasteiger partial charge in [-0.3, -0.25) is 4.79 Å². The summed E-state index contributed by atoms with van der Waals surface area (Å²) in [5.41, 5.74) is 4.97. The number of carbonyl (C=O) groups excluding carboxylic acids is 1. The van der Waals surface area contributed by atoms with E-state index in [1.807, 2.05) is 0 Å². The monoisotopic (exact) mass is 254 g/mol. The number of rotatable bonds is 3. The third-order valence-electron chi connectivity index (χ3n) is 4.43. The van der Waals surface area contributed by atoms with E-state index in [0.717, 1.165) is 32.1 Å². The van der Waals surface area contributed by atoms with Crippen molar-refractivity contribution in [3.8, 4) is 0 Å². The van der Waals surface area contributed by atoms with Crippen molar-refractivity contribution in [2.24, 2.45) is 11.7 Å². The molecule has 2 fully saturated rings. The Balaban J connectivity index is 1.93. The molecule has 1 aliphatic carbocycles. The predicted molar refractivity (Wildman–Crippen MR) is 71.0 cm³/mol. The van der Waals surface area contributed by atoms with Gasteiger partial charge in [-0.05, 0) is 25.2 Å². The van der Waals surface area contributed by atoms with Gasteiger partial charge in [0, 0.05) is 0 Å². The third-order valence-corrected chi connectivity index (χ3v) is 4.43. The average Bonchev–Trinajstić information content (AvgIpc) is 2.24. The second-order valence-electron chi connectivity index (χ2n) is 6.49. The van der Waals surface area contributed by atoms with Crippen LogP contribution in [0.5, 0.6) is 0 Å². The first kappa shape index (κ1) is 13.8. The number of carbonyl (C=O) groups is 1. The number of β-amino-alcohol motifs (C(OH)–C–C–N with tert-alkyl or cyclic N) is 1. The number of aliphatic hydroxyl groups is 1. The van der Waals surface area contributed by atoms with Crippen molar-refractivity contribution < 1.29 is 9.90 Å². The van der Waals surface area contributed by atoms with Crippen molar-refractivity contribution in [2.45, 2.75) is 63.5 Å². The van der Waals surface area contributed by atoms with Crippen LogP contribution in [0.15, 0.2) is 0 Å². The van der Waals surface area contributed by atoms with Crippen LogP contribution >= 0.6 is 0 Å². The summed E-state index contributed by atoms with van der Waals surface area (Å²) in [6.45, 7) is 5.15. The van der Waals surface area contributed by atoms with E-state index in [9.17, 15) is 9.90 Å². The smallest absolute Gasteiger partial charge is 0.242 e. The zero-order valence-corrected chi connectivity index (χ0v) is 11.6. The quantitative estimate of drug-likeness (QED) is 0.797. The Morgan fingerprint density at radius 3 is 2.72 bits per heavy atom. The molecule has 0 aromatic heterocycles. The lowest BCUT2D eigenvalue weighted by molar-refractivity contribution is -0.163. The standard InChI is InChI=1S/C14H26N2O2/c1-3-6-13(18)9-16(10-13)12(17)14(15)7-4-5-11(2)8-14/h11,18H,3-10,15H2,1-2H3. The van der Waals surface area contributed by atoms with E-state index in [1.165, 1.54) is 6.42 Å². The van der Waals surface area contributed by atoms with E-state index in [0.29, 0.717) is 19.0 Å². The lowest BCUT2D eigenvalue weighted by atomic mass is 9.75. The van der Waals surface area contributed by atoms with Crippen molar-refractivity contribution in [2.75, 3.05) is 13.1 Å². The zero-order chi connectivity index (χ0) is 13.4. The van der Waals surface area contributed by atoms with Crippen molar-refractivity contribution >= 4 is 5.91 Å². The first-order valence-corrected chi connectivity index (χ1v) is 7.19.